The van der Waals surface area contributed by atoms with Crippen LogP contribution in [-0.4, -0.2) is 18.6 Å². The van der Waals surface area contributed by atoms with Crippen molar-refractivity contribution in [2.45, 2.75) is 4.34 Å². The topological polar surface area (TPSA) is 98.0 Å². The first-order valence-corrected chi connectivity index (χ1v) is 7.14. The number of halogens is 2. The number of anilines is 2. The van der Waals surface area contributed by atoms with Crippen LogP contribution in [0.25, 0.3) is 0 Å². The number of nitrogens with one attached hydrogen (secondary N) is 1. The number of nitrogens with two attached hydrogens (primary N) is 1. The summed E-state index contributed by atoms with van der Waals surface area (Å²) in [7, 11) is -4.02. The van der Waals surface area contributed by atoms with Gasteiger partial charge in [0.05, 0.1) is 10.7 Å². The van der Waals surface area contributed by atoms with E-state index in [0.717, 1.165) is 0 Å². The zero-order valence-corrected chi connectivity index (χ0v) is 11.0. The van der Waals surface area contributed by atoms with E-state index in [2.05, 4.69) is 10.2 Å². The average molecular weight is 309 g/mol. The largest absolute Gasteiger partial charge is 0.374 e. The van der Waals surface area contributed by atoms with Crippen LogP contribution in [0.3, 0.4) is 0 Å². The summed E-state index contributed by atoms with van der Waals surface area (Å²) in [6, 6.07) is 3.96. The molecular weight excluding hydrogens is 303 g/mol. The quantitative estimate of drug-likeness (QED) is 0.899. The first-order chi connectivity index (χ1) is 8.40. The van der Waals surface area contributed by atoms with E-state index in [9.17, 15) is 12.8 Å². The van der Waals surface area contributed by atoms with Gasteiger partial charge in [-0.3, -0.25) is 4.72 Å². The minimum absolute atomic E-state index is 0.00180. The summed E-state index contributed by atoms with van der Waals surface area (Å²) < 4.78 is 38.8. The summed E-state index contributed by atoms with van der Waals surface area (Å²) in [4.78, 5) is 0. The SMILES string of the molecule is Nc1nnc(S(=O)(=O)Nc2cccc(Cl)c2F)s1. The molecule has 2 aromatic rings. The van der Waals surface area contributed by atoms with E-state index in [1.54, 1.807) is 0 Å². The molecule has 0 aliphatic carbocycles. The summed E-state index contributed by atoms with van der Waals surface area (Å²) in [6.45, 7) is 0. The molecule has 0 aliphatic rings. The fourth-order valence-corrected chi connectivity index (χ4v) is 3.12. The van der Waals surface area contributed by atoms with Crippen molar-refractivity contribution in [3.8, 4) is 0 Å². The molecule has 0 unspecified atom stereocenters. The lowest BCUT2D eigenvalue weighted by atomic mass is 10.3. The Kier molecular flexibility index (Phi) is 3.37. The Bertz CT molecular complexity index is 688. The first kappa shape index (κ1) is 13.0. The molecule has 0 fully saturated rings. The van der Waals surface area contributed by atoms with Gasteiger partial charge in [0.1, 0.15) is 0 Å². The maximum atomic E-state index is 13.5. The van der Waals surface area contributed by atoms with E-state index in [-0.39, 0.29) is 20.2 Å². The monoisotopic (exact) mass is 308 g/mol. The second kappa shape index (κ2) is 4.67. The van der Waals surface area contributed by atoms with E-state index >= 15 is 0 Å². The molecule has 0 spiro atoms. The van der Waals surface area contributed by atoms with Gasteiger partial charge in [-0.05, 0) is 12.1 Å². The van der Waals surface area contributed by atoms with Crippen LogP contribution < -0.4 is 10.5 Å². The van der Waals surface area contributed by atoms with Crippen LogP contribution in [0.2, 0.25) is 5.02 Å². The normalized spacial score (nSPS) is 11.4. The smallest absolute Gasteiger partial charge is 0.291 e. The third-order valence-electron chi connectivity index (χ3n) is 1.85. The first-order valence-electron chi connectivity index (χ1n) is 4.46. The van der Waals surface area contributed by atoms with Crippen molar-refractivity contribution in [2.24, 2.45) is 0 Å². The van der Waals surface area contributed by atoms with Gasteiger partial charge in [0.25, 0.3) is 14.4 Å². The van der Waals surface area contributed by atoms with Gasteiger partial charge in [0, 0.05) is 0 Å². The van der Waals surface area contributed by atoms with E-state index in [0.29, 0.717) is 11.3 Å². The molecule has 0 saturated carbocycles. The Balaban J connectivity index is 2.37. The minimum Gasteiger partial charge on any atom is -0.374 e. The maximum Gasteiger partial charge on any atom is 0.291 e. The van der Waals surface area contributed by atoms with Crippen LogP contribution in [0.4, 0.5) is 15.2 Å². The zero-order chi connectivity index (χ0) is 13.3. The van der Waals surface area contributed by atoms with Gasteiger partial charge in [-0.1, -0.05) is 29.0 Å². The number of rotatable bonds is 3. The lowest BCUT2D eigenvalue weighted by molar-refractivity contribution is 0.596. The molecule has 0 radical (unpaired) electrons. The van der Waals surface area contributed by atoms with E-state index in [4.69, 9.17) is 17.3 Å². The van der Waals surface area contributed by atoms with Gasteiger partial charge in [-0.15, -0.1) is 10.2 Å². The molecule has 0 aliphatic heterocycles. The average Bonchev–Trinajstić information content (AvgIpc) is 2.72. The van der Waals surface area contributed by atoms with Crippen LogP contribution in [0, 0.1) is 5.82 Å². The lowest BCUT2D eigenvalue weighted by Gasteiger charge is -2.06. The van der Waals surface area contributed by atoms with E-state index < -0.39 is 15.8 Å². The number of hydrogen-bond acceptors (Lipinski definition) is 6. The molecule has 1 heterocycles. The molecule has 1 aromatic carbocycles. The number of aromatic nitrogens is 2. The highest BCUT2D eigenvalue weighted by Crippen LogP contribution is 2.25. The van der Waals surface area contributed by atoms with E-state index in [1.165, 1.54) is 18.2 Å². The molecule has 3 N–H and O–H groups in total. The van der Waals surface area contributed by atoms with Crippen molar-refractivity contribution in [3.63, 3.8) is 0 Å². The molecule has 10 heteroatoms. The Morgan fingerprint density at radius 2 is 2.11 bits per heavy atom. The molecule has 0 atom stereocenters. The van der Waals surface area contributed by atoms with Crippen molar-refractivity contribution in [1.29, 1.82) is 0 Å². The highest BCUT2D eigenvalue weighted by Gasteiger charge is 2.21. The third-order valence-corrected chi connectivity index (χ3v) is 4.63. The summed E-state index contributed by atoms with van der Waals surface area (Å²) in [5.74, 6) is -0.861. The predicted octanol–water partition coefficient (Wildman–Crippen LogP) is 1.71. The molecule has 6 nitrogen and oxygen atoms in total. The fourth-order valence-electron chi connectivity index (χ4n) is 1.10. The van der Waals surface area contributed by atoms with Gasteiger partial charge < -0.3 is 5.73 Å². The second-order valence-corrected chi connectivity index (χ2v) is 6.39. The van der Waals surface area contributed by atoms with Gasteiger partial charge in [-0.2, -0.15) is 8.42 Å². The Labute approximate surface area is 111 Å². The van der Waals surface area contributed by atoms with Crippen molar-refractivity contribution >= 4 is 43.8 Å². The predicted molar refractivity (Wildman–Crippen MR) is 66.5 cm³/mol. The number of nitrogens with zero attached hydrogens (tertiary/aromatic N) is 2. The van der Waals surface area contributed by atoms with Crippen molar-refractivity contribution in [2.75, 3.05) is 10.5 Å². The minimum atomic E-state index is -4.02. The van der Waals surface area contributed by atoms with E-state index in [1.807, 2.05) is 4.72 Å². The third kappa shape index (κ3) is 2.52. The summed E-state index contributed by atoms with van der Waals surface area (Å²) in [5, 5.41) is 6.56. The molecule has 0 bridgehead atoms. The Hall–Kier alpha value is -1.45. The molecule has 96 valence electrons. The van der Waals surface area contributed by atoms with Crippen LogP contribution in [0.5, 0.6) is 0 Å². The highest BCUT2D eigenvalue weighted by atomic mass is 35.5. The summed E-state index contributed by atoms with van der Waals surface area (Å²) in [6.07, 6.45) is 0. The van der Waals surface area contributed by atoms with Gasteiger partial charge in [0.15, 0.2) is 5.82 Å². The Morgan fingerprint density at radius 1 is 1.39 bits per heavy atom. The number of nitrogen functional groups attached to an aromatic ring is 1. The van der Waals surface area contributed by atoms with Crippen molar-refractivity contribution in [3.05, 3.63) is 29.0 Å². The lowest BCUT2D eigenvalue weighted by Crippen LogP contribution is -2.13. The summed E-state index contributed by atoms with van der Waals surface area (Å²) >= 11 is 6.21. The van der Waals surface area contributed by atoms with Gasteiger partial charge >= 0.3 is 0 Å². The maximum absolute atomic E-state index is 13.5. The molecule has 18 heavy (non-hydrogen) atoms. The van der Waals surface area contributed by atoms with Gasteiger partial charge in [-0.25, -0.2) is 4.39 Å². The Morgan fingerprint density at radius 3 is 2.72 bits per heavy atom. The fraction of sp³-hybridized carbons (Fsp3) is 0. The molecule has 1 aromatic heterocycles. The number of sulfonamides is 1. The van der Waals surface area contributed by atoms with Crippen LogP contribution in [0.1, 0.15) is 0 Å². The van der Waals surface area contributed by atoms with Crippen LogP contribution >= 0.6 is 22.9 Å². The standard InChI is InChI=1S/C8H6ClFN4O2S2/c9-4-2-1-3-5(6(4)10)14-18(15,16)8-13-12-7(11)17-8/h1-3,14H,(H2,11,12). The molecule has 0 amide bonds. The highest BCUT2D eigenvalue weighted by molar-refractivity contribution is 7.94. The van der Waals surface area contributed by atoms with Crippen LogP contribution in [0.15, 0.2) is 22.5 Å². The number of benzene rings is 1. The second-order valence-electron chi connectivity index (χ2n) is 3.11. The summed E-state index contributed by atoms with van der Waals surface area (Å²) in [5.41, 5.74) is 5.01. The number of hydrogen-bond donors (Lipinski definition) is 2. The zero-order valence-electron chi connectivity index (χ0n) is 8.59. The van der Waals surface area contributed by atoms with Gasteiger partial charge in [0.2, 0.25) is 5.13 Å². The molecule has 2 rings (SSSR count). The van der Waals surface area contributed by atoms with Crippen molar-refractivity contribution in [1.82, 2.24) is 10.2 Å². The molecular formula is C8H6ClFN4O2S2. The van der Waals surface area contributed by atoms with Crippen LogP contribution in [-0.2, 0) is 10.0 Å². The molecule has 0 saturated heterocycles. The van der Waals surface area contributed by atoms with Crippen molar-refractivity contribution < 1.29 is 12.8 Å².